The average molecular weight is 587 g/mol. The molecule has 7 nitrogen and oxygen atoms in total. The van der Waals surface area contributed by atoms with Crippen LogP contribution in [0.25, 0.3) is 11.0 Å². The first-order chi connectivity index (χ1) is 20.2. The Hall–Kier alpha value is -3.83. The quantitative estimate of drug-likeness (QED) is 0.256. The lowest BCUT2D eigenvalue weighted by Crippen LogP contribution is -2.31. The van der Waals surface area contributed by atoms with Crippen LogP contribution in [0.15, 0.2) is 65.5 Å². The number of nitrogens with zero attached hydrogens (tertiary/aromatic N) is 4. The Labute approximate surface area is 241 Å². The lowest BCUT2D eigenvalue weighted by Gasteiger charge is -2.26. The molecule has 224 valence electrons. The molecule has 0 spiro atoms. The third-order valence-electron chi connectivity index (χ3n) is 7.99. The standard InChI is InChI=1S/C31H34F4N4O3/c1-3-36(16-17-40)18-22-9-6-11-25(32)28(22)37-15-14-23(20-37)39-26-12-7-13-27(42-2)29(26)38(30(39)41)19-21-8-4-5-10-24(21)31(33,34)35/h4-13,23,40H,3,14-20H2,1-2H3. The van der Waals surface area contributed by atoms with Crippen molar-refractivity contribution in [2.45, 2.75) is 38.7 Å². The van der Waals surface area contributed by atoms with E-state index in [1.54, 1.807) is 28.8 Å². The number of methoxy groups -OCH3 is 1. The van der Waals surface area contributed by atoms with E-state index in [9.17, 15) is 23.1 Å². The molecule has 1 unspecified atom stereocenters. The van der Waals surface area contributed by atoms with E-state index in [1.165, 1.54) is 35.9 Å². The predicted molar refractivity (Wildman–Crippen MR) is 154 cm³/mol. The number of aromatic nitrogens is 2. The molecule has 4 aromatic rings. The van der Waals surface area contributed by atoms with Gasteiger partial charge in [0.15, 0.2) is 0 Å². The van der Waals surface area contributed by atoms with Crippen LogP contribution in [-0.4, -0.2) is 59.0 Å². The molecular weight excluding hydrogens is 552 g/mol. The molecule has 1 aliphatic rings. The Balaban J connectivity index is 1.54. The molecule has 0 bridgehead atoms. The minimum Gasteiger partial charge on any atom is -0.494 e. The van der Waals surface area contributed by atoms with Gasteiger partial charge in [-0.3, -0.25) is 14.0 Å². The van der Waals surface area contributed by atoms with Gasteiger partial charge in [0.2, 0.25) is 0 Å². The molecule has 3 aromatic carbocycles. The fourth-order valence-corrected chi connectivity index (χ4v) is 6.00. The van der Waals surface area contributed by atoms with Crippen molar-refractivity contribution in [1.82, 2.24) is 14.0 Å². The van der Waals surface area contributed by atoms with Crippen LogP contribution in [0.1, 0.15) is 36.1 Å². The number of hydrogen-bond donors (Lipinski definition) is 1. The fourth-order valence-electron chi connectivity index (χ4n) is 6.00. The van der Waals surface area contributed by atoms with Crippen LogP contribution >= 0.6 is 0 Å². The molecule has 1 aliphatic heterocycles. The van der Waals surface area contributed by atoms with E-state index in [1.807, 2.05) is 22.8 Å². The van der Waals surface area contributed by atoms with Crippen LogP contribution in [0.4, 0.5) is 23.2 Å². The molecule has 1 atom stereocenters. The van der Waals surface area contributed by atoms with Crippen molar-refractivity contribution in [3.8, 4) is 5.75 Å². The van der Waals surface area contributed by atoms with Crippen molar-refractivity contribution in [3.05, 3.63) is 93.7 Å². The number of alkyl halides is 3. The van der Waals surface area contributed by atoms with E-state index in [0.29, 0.717) is 61.6 Å². The molecule has 11 heteroatoms. The number of para-hydroxylation sites is 2. The minimum absolute atomic E-state index is 0.00579. The normalized spacial score (nSPS) is 15.7. The van der Waals surface area contributed by atoms with E-state index < -0.39 is 17.4 Å². The van der Waals surface area contributed by atoms with Gasteiger partial charge in [-0.15, -0.1) is 0 Å². The van der Waals surface area contributed by atoms with Crippen LogP contribution < -0.4 is 15.3 Å². The van der Waals surface area contributed by atoms with Crippen LogP contribution in [0.3, 0.4) is 0 Å². The van der Waals surface area contributed by atoms with Gasteiger partial charge in [0.05, 0.1) is 43.1 Å². The molecule has 42 heavy (non-hydrogen) atoms. The highest BCUT2D eigenvalue weighted by Gasteiger charge is 2.35. The number of likely N-dealkylation sites (N-methyl/N-ethyl adjacent to an activating group) is 1. The van der Waals surface area contributed by atoms with E-state index in [-0.39, 0.29) is 30.6 Å². The van der Waals surface area contributed by atoms with Gasteiger partial charge in [0.1, 0.15) is 17.1 Å². The van der Waals surface area contributed by atoms with Gasteiger partial charge in [-0.25, -0.2) is 9.18 Å². The van der Waals surface area contributed by atoms with E-state index in [2.05, 4.69) is 0 Å². The number of halogens is 4. The Kier molecular flexibility index (Phi) is 8.60. The summed E-state index contributed by atoms with van der Waals surface area (Å²) in [6.07, 6.45) is -4.03. The Morgan fingerprint density at radius 3 is 2.50 bits per heavy atom. The van der Waals surface area contributed by atoms with Crippen LogP contribution in [0.5, 0.6) is 5.75 Å². The maximum Gasteiger partial charge on any atom is 0.416 e. The Morgan fingerprint density at radius 2 is 1.79 bits per heavy atom. The van der Waals surface area contributed by atoms with Crippen LogP contribution in [0, 0.1) is 5.82 Å². The van der Waals surface area contributed by atoms with Crippen molar-refractivity contribution < 1.29 is 27.4 Å². The summed E-state index contributed by atoms with van der Waals surface area (Å²) in [5.74, 6) is 0.0102. The third kappa shape index (κ3) is 5.63. The minimum atomic E-state index is -4.57. The first-order valence-electron chi connectivity index (χ1n) is 14.0. The lowest BCUT2D eigenvalue weighted by molar-refractivity contribution is -0.138. The highest BCUT2D eigenvalue weighted by molar-refractivity contribution is 5.83. The van der Waals surface area contributed by atoms with Crippen molar-refractivity contribution >= 4 is 16.7 Å². The predicted octanol–water partition coefficient (Wildman–Crippen LogP) is 5.28. The van der Waals surface area contributed by atoms with E-state index in [0.717, 1.165) is 11.6 Å². The number of rotatable bonds is 10. The van der Waals surface area contributed by atoms with Crippen molar-refractivity contribution in [2.24, 2.45) is 0 Å². The SMILES string of the molecule is CCN(CCO)Cc1cccc(F)c1N1CCC(n2c(=O)n(Cc3ccccc3C(F)(F)F)c3c(OC)cccc32)C1. The molecular formula is C31H34F4N4O3. The van der Waals surface area contributed by atoms with Crippen molar-refractivity contribution in [2.75, 3.05) is 44.8 Å². The number of fused-ring (bicyclic) bond motifs is 1. The van der Waals surface area contributed by atoms with Crippen molar-refractivity contribution in [1.29, 1.82) is 0 Å². The maximum absolute atomic E-state index is 15.3. The first kappa shape index (κ1) is 29.7. The van der Waals surface area contributed by atoms with Gasteiger partial charge in [-0.05, 0) is 48.4 Å². The summed E-state index contributed by atoms with van der Waals surface area (Å²) in [4.78, 5) is 18.0. The summed E-state index contributed by atoms with van der Waals surface area (Å²) >= 11 is 0. The molecule has 0 aliphatic carbocycles. The third-order valence-corrected chi connectivity index (χ3v) is 7.99. The van der Waals surface area contributed by atoms with Gasteiger partial charge in [-0.1, -0.05) is 43.3 Å². The fraction of sp³-hybridized carbons (Fsp3) is 0.387. The van der Waals surface area contributed by atoms with Gasteiger partial charge < -0.3 is 14.7 Å². The summed E-state index contributed by atoms with van der Waals surface area (Å²) in [5, 5.41) is 9.42. The summed E-state index contributed by atoms with van der Waals surface area (Å²) in [6.45, 7) is 4.12. The zero-order valence-corrected chi connectivity index (χ0v) is 23.6. The zero-order valence-electron chi connectivity index (χ0n) is 23.6. The molecule has 2 heterocycles. The lowest BCUT2D eigenvalue weighted by atomic mass is 10.1. The summed E-state index contributed by atoms with van der Waals surface area (Å²) in [6, 6.07) is 15.0. The monoisotopic (exact) mass is 586 g/mol. The number of imidazole rings is 1. The second-order valence-electron chi connectivity index (χ2n) is 10.5. The number of aliphatic hydroxyl groups excluding tert-OH is 1. The van der Waals surface area contributed by atoms with E-state index in [4.69, 9.17) is 4.74 Å². The first-order valence-corrected chi connectivity index (χ1v) is 14.0. The molecule has 0 radical (unpaired) electrons. The topological polar surface area (TPSA) is 62.9 Å². The number of ether oxygens (including phenoxy) is 1. The molecule has 5 rings (SSSR count). The molecule has 0 saturated carbocycles. The Bertz CT molecular complexity index is 1610. The van der Waals surface area contributed by atoms with Gasteiger partial charge in [-0.2, -0.15) is 13.2 Å². The summed E-state index contributed by atoms with van der Waals surface area (Å²) in [7, 11) is 1.46. The molecule has 1 fully saturated rings. The maximum atomic E-state index is 15.3. The zero-order chi connectivity index (χ0) is 30.0. The summed E-state index contributed by atoms with van der Waals surface area (Å²) < 4.78 is 65.2. The molecule has 0 amide bonds. The van der Waals surface area contributed by atoms with E-state index >= 15 is 4.39 Å². The molecule has 1 saturated heterocycles. The van der Waals surface area contributed by atoms with Gasteiger partial charge >= 0.3 is 11.9 Å². The van der Waals surface area contributed by atoms with Crippen LogP contribution in [0.2, 0.25) is 0 Å². The average Bonchev–Trinajstić information content (AvgIpc) is 3.54. The number of anilines is 1. The van der Waals surface area contributed by atoms with Gasteiger partial charge in [0, 0.05) is 26.2 Å². The molecule has 1 aromatic heterocycles. The van der Waals surface area contributed by atoms with Crippen molar-refractivity contribution in [3.63, 3.8) is 0 Å². The number of aliphatic hydroxyl groups is 1. The summed E-state index contributed by atoms with van der Waals surface area (Å²) in [5.41, 5.74) is 0.931. The largest absolute Gasteiger partial charge is 0.494 e. The van der Waals surface area contributed by atoms with Gasteiger partial charge in [0.25, 0.3) is 0 Å². The molecule has 1 N–H and O–H groups in total. The van der Waals surface area contributed by atoms with Crippen LogP contribution in [-0.2, 0) is 19.3 Å². The smallest absolute Gasteiger partial charge is 0.416 e. The second kappa shape index (κ2) is 12.2. The second-order valence-corrected chi connectivity index (χ2v) is 10.5. The highest BCUT2D eigenvalue weighted by atomic mass is 19.4. The number of benzene rings is 3. The highest BCUT2D eigenvalue weighted by Crippen LogP contribution is 2.36. The Morgan fingerprint density at radius 1 is 1.05 bits per heavy atom. The number of hydrogen-bond acceptors (Lipinski definition) is 5.